The Morgan fingerprint density at radius 1 is 1.21 bits per heavy atom. The number of aromatic nitrogens is 8. The quantitative estimate of drug-likeness (QED) is 0.0996. The molecule has 0 bridgehead atoms. The van der Waals surface area contributed by atoms with Gasteiger partial charge >= 0.3 is 6.80 Å². The standard InChI is InChI=1S/C20H26N10O9P2S2/c21-15-17-23-3-9(30(17)26-6-24-15)11-2-10(31)13(38-11)5-36-41(34,43)39-12-1-8(4-35-40(33)42)37-19(12)29-7-25-14-16(29)27-20(22)28-18(14)32/h3,6-8,10-13,19,31,40H,1-2,4-5H2,(H,33,42)(H,34,43)(H2,21,24,26)(H3,22,27,28,32)/t8-,10-,11+,12+,13+,19+,41?/m0/s1. The third-order valence-corrected chi connectivity index (χ3v) is 9.29. The Balaban J connectivity index is 1.16. The van der Waals surface area contributed by atoms with Crippen LogP contribution in [0, 0.1) is 0 Å². The van der Waals surface area contributed by atoms with Crippen molar-refractivity contribution in [2.24, 2.45) is 0 Å². The summed E-state index contributed by atoms with van der Waals surface area (Å²) in [4.78, 5) is 31.0. The van der Waals surface area contributed by atoms with Crippen LogP contribution in [0.15, 0.2) is 23.6 Å². The molecule has 232 valence electrons. The number of nitrogens with two attached hydrogens (primary N) is 2. The second-order valence-electron chi connectivity index (χ2n) is 9.67. The normalized spacial score (nSPS) is 28.1. The Bertz CT molecular complexity index is 1790. The van der Waals surface area contributed by atoms with E-state index in [0.717, 1.165) is 0 Å². The first kappa shape index (κ1) is 30.4. The molecular formula is C20H26N10O9P2S2. The van der Waals surface area contributed by atoms with E-state index in [1.54, 1.807) is 0 Å². The van der Waals surface area contributed by atoms with Crippen molar-refractivity contribution in [3.8, 4) is 0 Å². The maximum atomic E-state index is 13.4. The largest absolute Gasteiger partial charge is 0.390 e. The highest BCUT2D eigenvalue weighted by Gasteiger charge is 2.44. The lowest BCUT2D eigenvalue weighted by atomic mass is 10.1. The minimum Gasteiger partial charge on any atom is -0.390 e. The molecule has 2 unspecified atom stereocenters. The summed E-state index contributed by atoms with van der Waals surface area (Å²) in [5, 5.41) is 14.8. The number of anilines is 2. The fraction of sp³-hybridized carbons (Fsp3) is 0.500. The van der Waals surface area contributed by atoms with Crippen molar-refractivity contribution in [1.29, 1.82) is 0 Å². The molecule has 0 radical (unpaired) electrons. The maximum absolute atomic E-state index is 13.4. The minimum absolute atomic E-state index is 0.0102. The van der Waals surface area contributed by atoms with Gasteiger partial charge in [-0.3, -0.25) is 28.0 Å². The number of rotatable bonds is 10. The first-order chi connectivity index (χ1) is 20.5. The van der Waals surface area contributed by atoms with Crippen molar-refractivity contribution in [2.45, 2.75) is 49.6 Å². The smallest absolute Gasteiger partial charge is 0.386 e. The molecule has 6 N–H and O–H groups in total. The van der Waals surface area contributed by atoms with Crippen molar-refractivity contribution in [1.82, 2.24) is 39.1 Å². The van der Waals surface area contributed by atoms with Gasteiger partial charge in [-0.05, 0) is 0 Å². The van der Waals surface area contributed by atoms with Crippen molar-refractivity contribution >= 4 is 67.1 Å². The van der Waals surface area contributed by atoms with Gasteiger partial charge in [0.2, 0.25) is 13.2 Å². The number of H-pyrrole nitrogens is 1. The van der Waals surface area contributed by atoms with E-state index in [2.05, 4.69) is 54.5 Å². The first-order valence-corrected chi connectivity index (χ1v) is 18.0. The van der Waals surface area contributed by atoms with Gasteiger partial charge in [0.15, 0.2) is 28.9 Å². The molecule has 6 heterocycles. The summed E-state index contributed by atoms with van der Waals surface area (Å²) in [6.07, 6.45) is -0.792. The fourth-order valence-electron chi connectivity index (χ4n) is 4.97. The molecule has 0 amide bonds. The Kier molecular flexibility index (Phi) is 8.55. The number of hydrogen-bond acceptors (Lipinski definition) is 16. The van der Waals surface area contributed by atoms with Crippen molar-refractivity contribution in [2.75, 3.05) is 24.7 Å². The number of ether oxygens (including phenoxy) is 2. The van der Waals surface area contributed by atoms with Crippen LogP contribution in [0.1, 0.15) is 30.9 Å². The average Bonchev–Trinajstić information content (AvgIpc) is 3.71. The molecule has 0 aliphatic carbocycles. The molecule has 43 heavy (non-hydrogen) atoms. The number of aliphatic hydroxyl groups excluding tert-OH is 1. The summed E-state index contributed by atoms with van der Waals surface area (Å²) in [5.41, 5.74) is 12.0. The fourth-order valence-corrected chi connectivity index (χ4v) is 7.01. The van der Waals surface area contributed by atoms with Crippen LogP contribution in [0.3, 0.4) is 0 Å². The van der Waals surface area contributed by atoms with E-state index in [0.29, 0.717) is 11.3 Å². The molecule has 23 heteroatoms. The van der Waals surface area contributed by atoms with Crippen LogP contribution in [0.2, 0.25) is 0 Å². The van der Waals surface area contributed by atoms with E-state index in [9.17, 15) is 19.0 Å². The summed E-state index contributed by atoms with van der Waals surface area (Å²) in [6.45, 7) is -4.56. The molecule has 4 aromatic heterocycles. The van der Waals surface area contributed by atoms with Crippen LogP contribution in [0.5, 0.6) is 0 Å². The highest BCUT2D eigenvalue weighted by Crippen LogP contribution is 2.57. The van der Waals surface area contributed by atoms with Crippen LogP contribution in [0.4, 0.5) is 11.8 Å². The lowest BCUT2D eigenvalue weighted by molar-refractivity contribution is -0.0450. The van der Waals surface area contributed by atoms with Crippen LogP contribution in [-0.4, -0.2) is 81.8 Å². The van der Waals surface area contributed by atoms with E-state index in [1.165, 1.54) is 27.9 Å². The molecule has 2 aliphatic heterocycles. The van der Waals surface area contributed by atoms with E-state index >= 15 is 0 Å². The number of thiol groups is 2. The molecule has 0 spiro atoms. The number of nitrogen functional groups attached to an aromatic ring is 2. The molecule has 4 aromatic rings. The van der Waals surface area contributed by atoms with Crippen LogP contribution in [-0.2, 0) is 32.2 Å². The Morgan fingerprint density at radius 2 is 2.02 bits per heavy atom. The van der Waals surface area contributed by atoms with Gasteiger partial charge in [-0.15, -0.1) is 0 Å². The summed E-state index contributed by atoms with van der Waals surface area (Å²) in [5.74, 6) is 0.0327. The third-order valence-electron chi connectivity index (χ3n) is 6.84. The molecule has 6 rings (SSSR count). The topological polar surface area (TPSA) is 259 Å². The summed E-state index contributed by atoms with van der Waals surface area (Å²) < 4.78 is 56.1. The van der Waals surface area contributed by atoms with Gasteiger partial charge in [0, 0.05) is 12.8 Å². The van der Waals surface area contributed by atoms with Crippen molar-refractivity contribution in [3.63, 3.8) is 0 Å². The number of nitrogens with one attached hydrogen (secondary N) is 1. The van der Waals surface area contributed by atoms with Gasteiger partial charge < -0.3 is 30.6 Å². The number of hydrogen-bond donors (Lipinski definition) is 6. The lowest BCUT2D eigenvalue weighted by Gasteiger charge is -2.24. The number of nitrogens with zero attached hydrogens (tertiary/aromatic N) is 7. The van der Waals surface area contributed by atoms with E-state index in [1.807, 2.05) is 0 Å². The van der Waals surface area contributed by atoms with E-state index in [4.69, 9.17) is 34.5 Å². The van der Waals surface area contributed by atoms with E-state index < -0.39 is 56.3 Å². The predicted molar refractivity (Wildman–Crippen MR) is 156 cm³/mol. The van der Waals surface area contributed by atoms with Crippen LogP contribution < -0.4 is 17.0 Å². The molecular weight excluding hydrogens is 650 g/mol. The SMILES string of the molecule is Nc1nc2c(ncn2[C@@H]2O[C@H](CO[PH](=O)S)C[C@H]2OP(=O)(S)OC[C@H]2O[C@@H](c3cnc4c(N)ncnn34)C[C@@H]2O)c(=O)[nH]1. The maximum Gasteiger partial charge on any atom is 0.386 e. The van der Waals surface area contributed by atoms with Crippen LogP contribution in [0.25, 0.3) is 16.8 Å². The lowest BCUT2D eigenvalue weighted by Crippen LogP contribution is -2.26. The molecule has 2 aliphatic rings. The zero-order chi connectivity index (χ0) is 30.5. The molecule has 0 saturated carbocycles. The molecule has 8 atom stereocenters. The molecule has 19 nitrogen and oxygen atoms in total. The third kappa shape index (κ3) is 6.32. The highest BCUT2D eigenvalue weighted by molar-refractivity contribution is 8.44. The number of aromatic amines is 1. The van der Waals surface area contributed by atoms with Gasteiger partial charge in [0.05, 0.1) is 43.6 Å². The number of aliphatic hydroxyl groups is 1. The zero-order valence-corrected chi connectivity index (χ0v) is 25.5. The number of imidazole rings is 2. The van der Waals surface area contributed by atoms with Gasteiger partial charge in [-0.1, -0.05) is 24.5 Å². The zero-order valence-electron chi connectivity index (χ0n) is 21.9. The van der Waals surface area contributed by atoms with Crippen molar-refractivity contribution in [3.05, 3.63) is 34.9 Å². The average molecular weight is 677 g/mol. The Morgan fingerprint density at radius 3 is 2.81 bits per heavy atom. The first-order valence-electron chi connectivity index (χ1n) is 12.7. The molecule has 0 aromatic carbocycles. The number of fused-ring (bicyclic) bond motifs is 2. The van der Waals surface area contributed by atoms with Gasteiger partial charge in [-0.25, -0.2) is 24.0 Å². The minimum atomic E-state index is -4.12. The molecule has 2 saturated heterocycles. The Hall–Kier alpha value is -2.58. The highest BCUT2D eigenvalue weighted by atomic mass is 32.7. The van der Waals surface area contributed by atoms with E-state index in [-0.39, 0.29) is 49.0 Å². The molecule has 2 fully saturated rings. The van der Waals surface area contributed by atoms with Crippen LogP contribution >= 0.6 is 38.5 Å². The summed E-state index contributed by atoms with van der Waals surface area (Å²) >= 11 is 7.91. The predicted octanol–water partition coefficient (Wildman–Crippen LogP) is 0.676. The monoisotopic (exact) mass is 676 g/mol. The van der Waals surface area contributed by atoms with Gasteiger partial charge in [-0.2, -0.15) is 10.1 Å². The summed E-state index contributed by atoms with van der Waals surface area (Å²) in [6, 6.07) is 0. The van der Waals surface area contributed by atoms with Gasteiger partial charge in [0.1, 0.15) is 24.6 Å². The summed E-state index contributed by atoms with van der Waals surface area (Å²) in [7, 11) is -2.57. The second-order valence-corrected chi connectivity index (χ2v) is 14.5. The Labute approximate surface area is 252 Å². The van der Waals surface area contributed by atoms with Crippen molar-refractivity contribution < 1.29 is 37.3 Å². The second kappa shape index (κ2) is 12.1. The van der Waals surface area contributed by atoms with Gasteiger partial charge in [0.25, 0.3) is 5.56 Å².